The molecule has 1 aromatic carbocycles. The number of non-ortho nitro benzene ring substituents is 1. The first-order chi connectivity index (χ1) is 9.08. The minimum absolute atomic E-state index is 0.00459. The Morgan fingerprint density at radius 3 is 2.53 bits per heavy atom. The number of nitro groups is 2. The van der Waals surface area contributed by atoms with Gasteiger partial charge in [-0.3, -0.25) is 20.2 Å². The molecule has 0 spiro atoms. The highest BCUT2D eigenvalue weighted by Gasteiger charge is 2.42. The van der Waals surface area contributed by atoms with Crippen LogP contribution in [0.3, 0.4) is 0 Å². The summed E-state index contributed by atoms with van der Waals surface area (Å²) in [7, 11) is 0. The standard InChI is InChI=1S/C12H12N2O5/c15-13(16)7-5-9(14(17)18)12-8-3-1-2-4-10(8)19-11(12)6-7/h5-6,8,10H,1-4H2. The second-order valence-electron chi connectivity index (χ2n) is 4.94. The summed E-state index contributed by atoms with van der Waals surface area (Å²) in [6.07, 6.45) is 3.67. The van der Waals surface area contributed by atoms with E-state index in [1.807, 2.05) is 0 Å². The van der Waals surface area contributed by atoms with Gasteiger partial charge in [-0.1, -0.05) is 6.42 Å². The molecule has 2 unspecified atom stereocenters. The summed E-state index contributed by atoms with van der Waals surface area (Å²) in [5, 5.41) is 22.0. The first-order valence-corrected chi connectivity index (χ1v) is 6.21. The van der Waals surface area contributed by atoms with Crippen molar-refractivity contribution in [3.63, 3.8) is 0 Å². The van der Waals surface area contributed by atoms with Crippen LogP contribution in [0.5, 0.6) is 5.75 Å². The zero-order chi connectivity index (χ0) is 13.6. The van der Waals surface area contributed by atoms with Crippen molar-refractivity contribution in [1.29, 1.82) is 0 Å². The molecule has 0 N–H and O–H groups in total. The molecule has 1 fully saturated rings. The van der Waals surface area contributed by atoms with Crippen LogP contribution in [0.1, 0.15) is 37.2 Å². The van der Waals surface area contributed by atoms with Gasteiger partial charge < -0.3 is 4.74 Å². The fourth-order valence-corrected chi connectivity index (χ4v) is 3.06. The topological polar surface area (TPSA) is 95.5 Å². The summed E-state index contributed by atoms with van der Waals surface area (Å²) in [5.41, 5.74) is 0.0722. The molecule has 0 aromatic heterocycles. The normalized spacial score (nSPS) is 24.2. The smallest absolute Gasteiger partial charge is 0.283 e. The summed E-state index contributed by atoms with van der Waals surface area (Å²) < 4.78 is 5.68. The van der Waals surface area contributed by atoms with Gasteiger partial charge in [-0.25, -0.2) is 0 Å². The van der Waals surface area contributed by atoms with Gasteiger partial charge in [0, 0.05) is 5.92 Å². The Balaban J connectivity index is 2.15. The maximum Gasteiger partial charge on any atom is 0.283 e. The van der Waals surface area contributed by atoms with E-state index in [0.717, 1.165) is 31.7 Å². The molecule has 1 aliphatic heterocycles. The molecule has 0 amide bonds. The predicted molar refractivity (Wildman–Crippen MR) is 65.4 cm³/mol. The number of ether oxygens (including phenoxy) is 1. The van der Waals surface area contributed by atoms with Crippen molar-refractivity contribution in [2.45, 2.75) is 37.7 Å². The van der Waals surface area contributed by atoms with Gasteiger partial charge in [-0.2, -0.15) is 0 Å². The van der Waals surface area contributed by atoms with Gasteiger partial charge in [0.2, 0.25) is 0 Å². The Morgan fingerprint density at radius 2 is 1.84 bits per heavy atom. The first-order valence-electron chi connectivity index (χ1n) is 6.21. The second-order valence-corrected chi connectivity index (χ2v) is 4.94. The van der Waals surface area contributed by atoms with E-state index < -0.39 is 9.85 Å². The highest BCUT2D eigenvalue weighted by molar-refractivity contribution is 5.61. The van der Waals surface area contributed by atoms with E-state index >= 15 is 0 Å². The van der Waals surface area contributed by atoms with Crippen LogP contribution in [0.25, 0.3) is 0 Å². The van der Waals surface area contributed by atoms with E-state index in [4.69, 9.17) is 4.74 Å². The van der Waals surface area contributed by atoms with Gasteiger partial charge in [-0.15, -0.1) is 0 Å². The summed E-state index contributed by atoms with van der Waals surface area (Å²) in [5.74, 6) is 0.322. The third-order valence-corrected chi connectivity index (χ3v) is 3.86. The highest BCUT2D eigenvalue weighted by atomic mass is 16.6. The van der Waals surface area contributed by atoms with Gasteiger partial charge in [0.1, 0.15) is 11.9 Å². The lowest BCUT2D eigenvalue weighted by molar-refractivity contribution is -0.394. The lowest BCUT2D eigenvalue weighted by atomic mass is 9.82. The molecule has 2 atom stereocenters. The molecule has 2 aliphatic rings. The van der Waals surface area contributed by atoms with E-state index in [1.54, 1.807) is 0 Å². The number of nitrogens with zero attached hydrogens (tertiary/aromatic N) is 2. The average molecular weight is 264 g/mol. The third kappa shape index (κ3) is 1.81. The van der Waals surface area contributed by atoms with Crippen molar-refractivity contribution < 1.29 is 14.6 Å². The van der Waals surface area contributed by atoms with Crippen LogP contribution in [0.4, 0.5) is 11.4 Å². The maximum absolute atomic E-state index is 11.1. The van der Waals surface area contributed by atoms with Crippen molar-refractivity contribution in [2.75, 3.05) is 0 Å². The van der Waals surface area contributed by atoms with E-state index in [1.165, 1.54) is 6.07 Å². The number of hydrogen-bond donors (Lipinski definition) is 0. The molecule has 3 rings (SSSR count). The van der Waals surface area contributed by atoms with E-state index in [9.17, 15) is 20.2 Å². The lowest BCUT2D eigenvalue weighted by Gasteiger charge is -2.23. The van der Waals surface area contributed by atoms with Crippen molar-refractivity contribution in [3.05, 3.63) is 37.9 Å². The van der Waals surface area contributed by atoms with Crippen LogP contribution in [0, 0.1) is 20.2 Å². The van der Waals surface area contributed by atoms with Gasteiger partial charge >= 0.3 is 0 Å². The predicted octanol–water partition coefficient (Wildman–Crippen LogP) is 2.92. The maximum atomic E-state index is 11.1. The molecule has 0 saturated heterocycles. The largest absolute Gasteiger partial charge is 0.489 e. The Hall–Kier alpha value is -2.18. The molecular weight excluding hydrogens is 252 g/mol. The molecule has 1 aliphatic carbocycles. The van der Waals surface area contributed by atoms with Crippen LogP contribution >= 0.6 is 0 Å². The van der Waals surface area contributed by atoms with Crippen LogP contribution in [-0.2, 0) is 0 Å². The summed E-state index contributed by atoms with van der Waals surface area (Å²) in [6, 6.07) is 2.35. The molecule has 1 aromatic rings. The van der Waals surface area contributed by atoms with Gasteiger partial charge in [0.25, 0.3) is 11.4 Å². The van der Waals surface area contributed by atoms with Crippen molar-refractivity contribution in [3.8, 4) is 5.75 Å². The molecule has 1 heterocycles. The lowest BCUT2D eigenvalue weighted by Crippen LogP contribution is -2.22. The minimum atomic E-state index is -0.626. The quantitative estimate of drug-likeness (QED) is 0.604. The number of benzene rings is 1. The van der Waals surface area contributed by atoms with Gasteiger partial charge in [0.05, 0.1) is 27.5 Å². The van der Waals surface area contributed by atoms with Gasteiger partial charge in [0.15, 0.2) is 0 Å². The summed E-state index contributed by atoms with van der Waals surface area (Å²) in [6.45, 7) is 0. The molecule has 19 heavy (non-hydrogen) atoms. The highest BCUT2D eigenvalue weighted by Crippen LogP contribution is 2.50. The number of nitro benzene ring substituents is 2. The Morgan fingerprint density at radius 1 is 1.11 bits per heavy atom. The minimum Gasteiger partial charge on any atom is -0.489 e. The zero-order valence-corrected chi connectivity index (χ0v) is 10.1. The molecule has 0 bridgehead atoms. The average Bonchev–Trinajstić information content (AvgIpc) is 2.75. The van der Waals surface area contributed by atoms with Crippen LogP contribution in [-0.4, -0.2) is 16.0 Å². The zero-order valence-electron chi connectivity index (χ0n) is 10.1. The Kier molecular flexibility index (Phi) is 2.62. The van der Waals surface area contributed by atoms with Crippen LogP contribution in [0.2, 0.25) is 0 Å². The fourth-order valence-electron chi connectivity index (χ4n) is 3.06. The molecular formula is C12H12N2O5. The van der Waals surface area contributed by atoms with Crippen molar-refractivity contribution in [2.24, 2.45) is 0 Å². The molecule has 1 saturated carbocycles. The Labute approximate surface area is 108 Å². The second kappa shape index (κ2) is 4.18. The first kappa shape index (κ1) is 11.9. The summed E-state index contributed by atoms with van der Waals surface area (Å²) >= 11 is 0. The fraction of sp³-hybridized carbons (Fsp3) is 0.500. The van der Waals surface area contributed by atoms with E-state index in [2.05, 4.69) is 0 Å². The monoisotopic (exact) mass is 264 g/mol. The number of rotatable bonds is 2. The van der Waals surface area contributed by atoms with Crippen LogP contribution in [0.15, 0.2) is 12.1 Å². The molecule has 0 radical (unpaired) electrons. The summed E-state index contributed by atoms with van der Waals surface area (Å²) in [4.78, 5) is 20.8. The third-order valence-electron chi connectivity index (χ3n) is 3.86. The SMILES string of the molecule is O=[N+]([O-])c1cc2c(c([N+](=O)[O-])c1)C1CCCCC1O2. The molecule has 7 nitrogen and oxygen atoms in total. The molecule has 7 heteroatoms. The Bertz CT molecular complexity index is 571. The van der Waals surface area contributed by atoms with Gasteiger partial charge in [-0.05, 0) is 19.3 Å². The van der Waals surface area contributed by atoms with Crippen molar-refractivity contribution in [1.82, 2.24) is 0 Å². The molecule has 100 valence electrons. The number of fused-ring (bicyclic) bond motifs is 3. The van der Waals surface area contributed by atoms with Crippen LogP contribution < -0.4 is 4.74 Å². The van der Waals surface area contributed by atoms with E-state index in [0.29, 0.717) is 11.3 Å². The number of hydrogen-bond acceptors (Lipinski definition) is 5. The van der Waals surface area contributed by atoms with E-state index in [-0.39, 0.29) is 23.4 Å². The van der Waals surface area contributed by atoms with Crippen molar-refractivity contribution >= 4 is 11.4 Å².